The van der Waals surface area contributed by atoms with Gasteiger partial charge in [0.25, 0.3) is 0 Å². The van der Waals surface area contributed by atoms with Crippen LogP contribution in [0.15, 0.2) is 24.3 Å². The molecule has 0 saturated heterocycles. The largest absolute Gasteiger partial charge is 0.307 e. The van der Waals surface area contributed by atoms with E-state index in [1.165, 1.54) is 0 Å². The van der Waals surface area contributed by atoms with Gasteiger partial charge in [0.1, 0.15) is 6.17 Å². The molecule has 1 aromatic rings. The lowest BCUT2D eigenvalue weighted by Crippen LogP contribution is -2.29. The highest BCUT2D eigenvalue weighted by atomic mass is 19.1. The van der Waals surface area contributed by atoms with Crippen molar-refractivity contribution in [2.75, 3.05) is 6.54 Å². The molecule has 0 saturated carbocycles. The van der Waals surface area contributed by atoms with E-state index in [1.807, 2.05) is 24.3 Å². The summed E-state index contributed by atoms with van der Waals surface area (Å²) in [4.78, 5) is 0. The number of hydrogen-bond donors (Lipinski definition) is 1. The fourth-order valence-electron chi connectivity index (χ4n) is 1.69. The van der Waals surface area contributed by atoms with Gasteiger partial charge in [-0.05, 0) is 18.1 Å². The van der Waals surface area contributed by atoms with E-state index in [-0.39, 0.29) is 6.04 Å². The van der Waals surface area contributed by atoms with Crippen LogP contribution in [0.1, 0.15) is 30.3 Å². The van der Waals surface area contributed by atoms with Gasteiger partial charge in [0.05, 0.1) is 0 Å². The Morgan fingerprint density at radius 3 is 2.67 bits per heavy atom. The van der Waals surface area contributed by atoms with E-state index in [0.717, 1.165) is 11.1 Å². The lowest BCUT2D eigenvalue weighted by molar-refractivity contribution is 0.294. The van der Waals surface area contributed by atoms with E-state index < -0.39 is 6.17 Å². The monoisotopic (exact) mass is 165 g/mol. The Hall–Kier alpha value is -0.890. The Morgan fingerprint density at radius 1 is 1.33 bits per heavy atom. The molecule has 0 spiro atoms. The number of halogens is 1. The number of rotatable bonds is 0. The van der Waals surface area contributed by atoms with Crippen LogP contribution in [0.25, 0.3) is 0 Å². The Labute approximate surface area is 71.6 Å². The maximum atomic E-state index is 13.3. The molecule has 0 fully saturated rings. The van der Waals surface area contributed by atoms with E-state index in [4.69, 9.17) is 0 Å². The molecule has 2 rings (SSSR count). The minimum atomic E-state index is -0.836. The predicted octanol–water partition coefficient (Wildman–Crippen LogP) is 2.36. The van der Waals surface area contributed by atoms with Crippen LogP contribution in [0, 0.1) is 0 Å². The summed E-state index contributed by atoms with van der Waals surface area (Å²) in [5.41, 5.74) is 1.94. The molecule has 1 aliphatic heterocycles. The molecule has 0 aromatic heterocycles. The van der Waals surface area contributed by atoms with Gasteiger partial charge in [0, 0.05) is 12.6 Å². The van der Waals surface area contributed by atoms with Crippen LogP contribution in [0.5, 0.6) is 0 Å². The Morgan fingerprint density at radius 2 is 2.00 bits per heavy atom. The van der Waals surface area contributed by atoms with Crippen molar-refractivity contribution in [3.05, 3.63) is 35.4 Å². The lowest BCUT2D eigenvalue weighted by atomic mass is 9.94. The van der Waals surface area contributed by atoms with Crippen LogP contribution in [0.2, 0.25) is 0 Å². The molecular formula is C10H12FN. The summed E-state index contributed by atoms with van der Waals surface area (Å²) in [6.45, 7) is 2.50. The summed E-state index contributed by atoms with van der Waals surface area (Å²) in [6.07, 6.45) is -0.836. The number of fused-ring (bicyclic) bond motifs is 1. The zero-order chi connectivity index (χ0) is 8.55. The van der Waals surface area contributed by atoms with Gasteiger partial charge in [-0.15, -0.1) is 0 Å². The van der Waals surface area contributed by atoms with Crippen molar-refractivity contribution < 1.29 is 4.39 Å². The number of alkyl halides is 1. The third kappa shape index (κ3) is 1.12. The number of nitrogens with one attached hydrogen (secondary N) is 1. The van der Waals surface area contributed by atoms with Crippen LogP contribution < -0.4 is 5.32 Å². The van der Waals surface area contributed by atoms with Gasteiger partial charge in [-0.25, -0.2) is 4.39 Å². The third-order valence-electron chi connectivity index (χ3n) is 2.40. The normalized spacial score (nSPS) is 28.2. The molecular weight excluding hydrogens is 153 g/mol. The second-order valence-electron chi connectivity index (χ2n) is 3.23. The first-order valence-electron chi connectivity index (χ1n) is 4.25. The summed E-state index contributed by atoms with van der Waals surface area (Å²) >= 11 is 0. The average molecular weight is 165 g/mol. The van der Waals surface area contributed by atoms with Crippen LogP contribution in [0.3, 0.4) is 0 Å². The fraction of sp³-hybridized carbons (Fsp3) is 0.400. The van der Waals surface area contributed by atoms with E-state index in [2.05, 4.69) is 12.2 Å². The highest BCUT2D eigenvalue weighted by Gasteiger charge is 2.22. The minimum Gasteiger partial charge on any atom is -0.307 e. The smallest absolute Gasteiger partial charge is 0.138 e. The van der Waals surface area contributed by atoms with Gasteiger partial charge in [0.15, 0.2) is 0 Å². The molecule has 0 amide bonds. The van der Waals surface area contributed by atoms with E-state index in [9.17, 15) is 4.39 Å². The van der Waals surface area contributed by atoms with Gasteiger partial charge in [-0.3, -0.25) is 0 Å². The summed E-state index contributed by atoms with van der Waals surface area (Å²) < 4.78 is 13.3. The fourth-order valence-corrected chi connectivity index (χ4v) is 1.69. The second-order valence-corrected chi connectivity index (χ2v) is 3.23. The van der Waals surface area contributed by atoms with Crippen LogP contribution in [0.4, 0.5) is 4.39 Å². The molecule has 1 aromatic carbocycles. The van der Waals surface area contributed by atoms with Gasteiger partial charge >= 0.3 is 0 Å². The first kappa shape index (κ1) is 7.74. The maximum absolute atomic E-state index is 13.3. The predicted molar refractivity (Wildman–Crippen MR) is 46.7 cm³/mol. The van der Waals surface area contributed by atoms with Gasteiger partial charge in [0.2, 0.25) is 0 Å². The van der Waals surface area contributed by atoms with E-state index in [0.29, 0.717) is 6.54 Å². The highest BCUT2D eigenvalue weighted by molar-refractivity contribution is 5.33. The van der Waals surface area contributed by atoms with Crippen molar-refractivity contribution in [2.24, 2.45) is 0 Å². The molecule has 0 aliphatic carbocycles. The van der Waals surface area contributed by atoms with Crippen LogP contribution in [-0.2, 0) is 0 Å². The zero-order valence-corrected chi connectivity index (χ0v) is 7.05. The summed E-state index contributed by atoms with van der Waals surface area (Å²) in [7, 11) is 0. The molecule has 1 nitrogen and oxygen atoms in total. The minimum absolute atomic E-state index is 0.285. The quantitative estimate of drug-likeness (QED) is 0.622. The van der Waals surface area contributed by atoms with E-state index >= 15 is 0 Å². The summed E-state index contributed by atoms with van der Waals surface area (Å²) in [5.74, 6) is 0. The Kier molecular flexibility index (Phi) is 1.85. The molecule has 2 heteroatoms. The third-order valence-corrected chi connectivity index (χ3v) is 2.40. The van der Waals surface area contributed by atoms with Crippen molar-refractivity contribution >= 4 is 0 Å². The molecule has 2 atom stereocenters. The molecule has 64 valence electrons. The molecule has 1 heterocycles. The summed E-state index contributed by atoms with van der Waals surface area (Å²) in [5, 5.41) is 3.11. The Bertz CT molecular complexity index is 256. The van der Waals surface area contributed by atoms with E-state index in [1.54, 1.807) is 0 Å². The standard InChI is InChI=1S/C10H12FN/c1-7-8-4-2-3-5-9(8)10(11)6-12-7/h2-5,7,10,12H,6H2,1H3/t7-,10?/m1/s1. The molecule has 1 N–H and O–H groups in total. The van der Waals surface area contributed by atoms with Crippen LogP contribution >= 0.6 is 0 Å². The van der Waals surface area contributed by atoms with Crippen molar-refractivity contribution in [3.63, 3.8) is 0 Å². The van der Waals surface area contributed by atoms with Gasteiger partial charge in [-0.1, -0.05) is 24.3 Å². The van der Waals surface area contributed by atoms with Crippen LogP contribution in [-0.4, -0.2) is 6.54 Å². The highest BCUT2D eigenvalue weighted by Crippen LogP contribution is 2.29. The summed E-state index contributed by atoms with van der Waals surface area (Å²) in [6, 6.07) is 7.99. The first-order valence-corrected chi connectivity index (χ1v) is 4.25. The lowest BCUT2D eigenvalue weighted by Gasteiger charge is -2.26. The first-order chi connectivity index (χ1) is 5.79. The topological polar surface area (TPSA) is 12.0 Å². The molecule has 1 unspecified atom stereocenters. The second kappa shape index (κ2) is 2.87. The molecule has 0 radical (unpaired) electrons. The number of benzene rings is 1. The maximum Gasteiger partial charge on any atom is 0.138 e. The Balaban J connectivity index is 2.47. The van der Waals surface area contributed by atoms with Gasteiger partial charge < -0.3 is 5.32 Å². The molecule has 1 aliphatic rings. The average Bonchev–Trinajstić information content (AvgIpc) is 2.12. The molecule has 12 heavy (non-hydrogen) atoms. The molecule has 0 bridgehead atoms. The van der Waals surface area contributed by atoms with Crippen molar-refractivity contribution in [2.45, 2.75) is 19.1 Å². The number of hydrogen-bond acceptors (Lipinski definition) is 1. The van der Waals surface area contributed by atoms with Crippen molar-refractivity contribution in [3.8, 4) is 0 Å². The van der Waals surface area contributed by atoms with Gasteiger partial charge in [-0.2, -0.15) is 0 Å². The SMILES string of the molecule is C[C@H]1NCC(F)c2ccccc21. The van der Waals surface area contributed by atoms with Crippen molar-refractivity contribution in [1.82, 2.24) is 5.32 Å². The van der Waals surface area contributed by atoms with Crippen molar-refractivity contribution in [1.29, 1.82) is 0 Å². The zero-order valence-electron chi connectivity index (χ0n) is 7.05.